The summed E-state index contributed by atoms with van der Waals surface area (Å²) in [4.78, 5) is 14.6. The molecule has 0 aromatic rings. The largest absolute Gasteiger partial charge is 0.373 e. The molecule has 0 unspecified atom stereocenters. The molecule has 0 aromatic carbocycles. The zero-order valence-corrected chi connectivity index (χ0v) is 14.9. The van der Waals surface area contributed by atoms with Crippen LogP contribution in [0.5, 0.6) is 0 Å². The number of rotatable bonds is 7. The van der Waals surface area contributed by atoms with E-state index in [1.54, 1.807) is 0 Å². The molecule has 8 heteroatoms. The van der Waals surface area contributed by atoms with Gasteiger partial charge < -0.3 is 10.1 Å². The van der Waals surface area contributed by atoms with E-state index in [9.17, 15) is 13.2 Å². The molecule has 1 saturated heterocycles. The third-order valence-corrected chi connectivity index (χ3v) is 4.26. The van der Waals surface area contributed by atoms with E-state index in [-0.39, 0.29) is 43.2 Å². The first kappa shape index (κ1) is 19.3. The van der Waals surface area contributed by atoms with Crippen LogP contribution in [0.3, 0.4) is 0 Å². The summed E-state index contributed by atoms with van der Waals surface area (Å²) in [5.41, 5.74) is 0. The Bertz CT molecular complexity index is 457. The van der Waals surface area contributed by atoms with Gasteiger partial charge >= 0.3 is 0 Å². The monoisotopic (exact) mass is 335 g/mol. The highest BCUT2D eigenvalue weighted by Gasteiger charge is 2.33. The lowest BCUT2D eigenvalue weighted by atomic mass is 9.99. The molecule has 0 saturated carbocycles. The highest BCUT2D eigenvalue weighted by atomic mass is 32.2. The van der Waals surface area contributed by atoms with Gasteiger partial charge in [0.1, 0.15) is 0 Å². The van der Waals surface area contributed by atoms with Crippen molar-refractivity contribution in [2.75, 3.05) is 32.4 Å². The van der Waals surface area contributed by atoms with Gasteiger partial charge in [-0.15, -0.1) is 0 Å². The summed E-state index contributed by atoms with van der Waals surface area (Å²) >= 11 is 0. The van der Waals surface area contributed by atoms with Crippen molar-refractivity contribution < 1.29 is 17.9 Å². The molecule has 3 atom stereocenters. The maximum absolute atomic E-state index is 12.5. The van der Waals surface area contributed by atoms with Crippen LogP contribution < -0.4 is 10.0 Å². The second-order valence-electron chi connectivity index (χ2n) is 6.36. The van der Waals surface area contributed by atoms with Gasteiger partial charge in [-0.05, 0) is 19.8 Å². The van der Waals surface area contributed by atoms with Crippen molar-refractivity contribution in [2.24, 2.45) is 5.92 Å². The van der Waals surface area contributed by atoms with Crippen LogP contribution in [0.2, 0.25) is 0 Å². The summed E-state index contributed by atoms with van der Waals surface area (Å²) in [6.45, 7) is 9.98. The maximum Gasteiger partial charge on any atom is 0.237 e. The molecule has 2 N–H and O–H groups in total. The first-order valence-corrected chi connectivity index (χ1v) is 9.61. The van der Waals surface area contributed by atoms with Gasteiger partial charge in [0, 0.05) is 26.2 Å². The summed E-state index contributed by atoms with van der Waals surface area (Å²) < 4.78 is 30.1. The van der Waals surface area contributed by atoms with Crippen LogP contribution in [0.1, 0.15) is 27.7 Å². The molecule has 1 aliphatic rings. The summed E-state index contributed by atoms with van der Waals surface area (Å²) in [5.74, 6) is 0.104. The molecular formula is C14H29N3O4S. The number of amides is 1. The Hall–Kier alpha value is -0.700. The predicted molar refractivity (Wildman–Crippen MR) is 86.1 cm³/mol. The number of ether oxygens (including phenoxy) is 1. The number of sulfonamides is 1. The standard InChI is InChI=1S/C14H29N3O4S/c1-10(2)13(17-8-11(3)21-12(4)9-17)14(18)15-6-7-16-22(5,19)20/h10-13,16H,6-9H2,1-5H3,(H,15,18)/t11-,12+,13-/m1/s1. The Morgan fingerprint density at radius 1 is 1.23 bits per heavy atom. The van der Waals surface area contributed by atoms with Gasteiger partial charge in [0.05, 0.1) is 24.5 Å². The lowest BCUT2D eigenvalue weighted by Crippen LogP contribution is -2.57. The fraction of sp³-hybridized carbons (Fsp3) is 0.929. The number of carbonyl (C=O) groups excluding carboxylic acids is 1. The first-order valence-electron chi connectivity index (χ1n) is 7.72. The molecule has 0 aromatic heterocycles. The first-order chi connectivity index (χ1) is 10.1. The van der Waals surface area contributed by atoms with Crippen LogP contribution in [0.25, 0.3) is 0 Å². The molecule has 1 aliphatic heterocycles. The quantitative estimate of drug-likeness (QED) is 0.629. The minimum Gasteiger partial charge on any atom is -0.373 e. The molecular weight excluding hydrogens is 306 g/mol. The lowest BCUT2D eigenvalue weighted by Gasteiger charge is -2.41. The fourth-order valence-electron chi connectivity index (χ4n) is 2.86. The van der Waals surface area contributed by atoms with Crippen LogP contribution >= 0.6 is 0 Å². The van der Waals surface area contributed by atoms with Crippen LogP contribution in [0, 0.1) is 5.92 Å². The van der Waals surface area contributed by atoms with Gasteiger partial charge in [0.2, 0.25) is 15.9 Å². The molecule has 1 amide bonds. The molecule has 1 rings (SSSR count). The van der Waals surface area contributed by atoms with E-state index in [0.717, 1.165) is 19.3 Å². The molecule has 1 fully saturated rings. The molecule has 0 radical (unpaired) electrons. The fourth-order valence-corrected chi connectivity index (χ4v) is 3.33. The Kier molecular flexibility index (Phi) is 7.24. The van der Waals surface area contributed by atoms with E-state index in [0.29, 0.717) is 0 Å². The SMILES string of the molecule is CC(C)[C@H](C(=O)NCCNS(C)(=O)=O)N1C[C@@H](C)O[C@@H](C)C1. The lowest BCUT2D eigenvalue weighted by molar-refractivity contribution is -0.135. The molecule has 130 valence electrons. The van der Waals surface area contributed by atoms with Crippen molar-refractivity contribution in [3.05, 3.63) is 0 Å². The average Bonchev–Trinajstić information content (AvgIpc) is 2.32. The van der Waals surface area contributed by atoms with Gasteiger partial charge in [0.15, 0.2) is 0 Å². The highest BCUT2D eigenvalue weighted by molar-refractivity contribution is 7.88. The topological polar surface area (TPSA) is 87.7 Å². The summed E-state index contributed by atoms with van der Waals surface area (Å²) in [6.07, 6.45) is 1.30. The van der Waals surface area contributed by atoms with E-state index in [1.807, 2.05) is 27.7 Å². The third kappa shape index (κ3) is 6.60. The molecule has 0 aliphatic carbocycles. The van der Waals surface area contributed by atoms with Crippen molar-refractivity contribution >= 4 is 15.9 Å². The second kappa shape index (κ2) is 8.24. The van der Waals surface area contributed by atoms with Crippen LogP contribution in [0.4, 0.5) is 0 Å². The summed E-state index contributed by atoms with van der Waals surface area (Å²) in [7, 11) is -3.22. The van der Waals surface area contributed by atoms with E-state index in [4.69, 9.17) is 4.74 Å². The van der Waals surface area contributed by atoms with E-state index in [1.165, 1.54) is 0 Å². The van der Waals surface area contributed by atoms with Gasteiger partial charge in [-0.25, -0.2) is 13.1 Å². The van der Waals surface area contributed by atoms with Crippen molar-refractivity contribution in [2.45, 2.75) is 45.9 Å². The predicted octanol–water partition coefficient (Wildman–Crippen LogP) is -0.214. The molecule has 7 nitrogen and oxygen atoms in total. The van der Waals surface area contributed by atoms with Crippen molar-refractivity contribution in [3.8, 4) is 0 Å². The zero-order valence-electron chi connectivity index (χ0n) is 14.1. The van der Waals surface area contributed by atoms with E-state index in [2.05, 4.69) is 14.9 Å². The van der Waals surface area contributed by atoms with Gasteiger partial charge in [-0.3, -0.25) is 9.69 Å². The Morgan fingerprint density at radius 3 is 2.23 bits per heavy atom. The van der Waals surface area contributed by atoms with Crippen LogP contribution in [0.15, 0.2) is 0 Å². The average molecular weight is 335 g/mol. The Morgan fingerprint density at radius 2 is 1.77 bits per heavy atom. The van der Waals surface area contributed by atoms with E-state index >= 15 is 0 Å². The van der Waals surface area contributed by atoms with Crippen LogP contribution in [-0.2, 0) is 19.6 Å². The highest BCUT2D eigenvalue weighted by Crippen LogP contribution is 2.18. The summed E-state index contributed by atoms with van der Waals surface area (Å²) in [6, 6.07) is -0.230. The molecule has 0 bridgehead atoms. The zero-order chi connectivity index (χ0) is 16.9. The smallest absolute Gasteiger partial charge is 0.237 e. The molecule has 1 heterocycles. The van der Waals surface area contributed by atoms with Crippen molar-refractivity contribution in [1.29, 1.82) is 0 Å². The number of nitrogens with zero attached hydrogens (tertiary/aromatic N) is 1. The van der Waals surface area contributed by atoms with Crippen molar-refractivity contribution in [1.82, 2.24) is 14.9 Å². The summed E-state index contributed by atoms with van der Waals surface area (Å²) in [5, 5.41) is 2.82. The molecule has 22 heavy (non-hydrogen) atoms. The normalized spacial score (nSPS) is 25.2. The minimum atomic E-state index is -3.22. The molecule has 0 spiro atoms. The van der Waals surface area contributed by atoms with E-state index < -0.39 is 10.0 Å². The van der Waals surface area contributed by atoms with Gasteiger partial charge in [-0.2, -0.15) is 0 Å². The maximum atomic E-state index is 12.5. The third-order valence-electron chi connectivity index (χ3n) is 3.53. The number of carbonyl (C=O) groups is 1. The van der Waals surface area contributed by atoms with Gasteiger partial charge in [-0.1, -0.05) is 13.8 Å². The van der Waals surface area contributed by atoms with Gasteiger partial charge in [0.25, 0.3) is 0 Å². The van der Waals surface area contributed by atoms with Crippen LogP contribution in [-0.4, -0.2) is 69.9 Å². The Labute approximate surface area is 133 Å². The number of hydrogen-bond donors (Lipinski definition) is 2. The number of morpholine rings is 1. The minimum absolute atomic E-state index is 0.0633. The Balaban J connectivity index is 2.56. The second-order valence-corrected chi connectivity index (χ2v) is 8.19. The number of nitrogens with one attached hydrogen (secondary N) is 2. The van der Waals surface area contributed by atoms with Crippen molar-refractivity contribution in [3.63, 3.8) is 0 Å². The number of hydrogen-bond acceptors (Lipinski definition) is 5.